The van der Waals surface area contributed by atoms with Gasteiger partial charge in [0.05, 0.1) is 12.6 Å². The molecular formula is C25H28N4O. The van der Waals surface area contributed by atoms with Gasteiger partial charge >= 0.3 is 0 Å². The minimum atomic E-state index is -0.0316. The molecule has 0 spiro atoms. The Labute approximate surface area is 178 Å². The van der Waals surface area contributed by atoms with Crippen molar-refractivity contribution in [3.05, 3.63) is 96.2 Å². The molecule has 1 atom stereocenters. The summed E-state index contributed by atoms with van der Waals surface area (Å²) in [4.78, 5) is 21.8. The number of rotatable bonds is 7. The Bertz CT molecular complexity index is 910. The number of aromatic nitrogens is 1. The lowest BCUT2D eigenvalue weighted by molar-refractivity contribution is -0.123. The average molecular weight is 401 g/mol. The maximum atomic E-state index is 12.9. The lowest BCUT2D eigenvalue weighted by atomic mass is 9.99. The Morgan fingerprint density at radius 2 is 1.53 bits per heavy atom. The summed E-state index contributed by atoms with van der Waals surface area (Å²) in [7, 11) is 0. The molecule has 1 aromatic heterocycles. The highest BCUT2D eigenvalue weighted by molar-refractivity contribution is 5.78. The molecule has 1 aliphatic heterocycles. The van der Waals surface area contributed by atoms with Crippen LogP contribution in [0.25, 0.3) is 0 Å². The number of nitrogens with one attached hydrogen (secondary N) is 1. The first-order chi connectivity index (χ1) is 14.8. The number of carbonyl (C=O) groups excluding carboxylic acids is 1. The third-order valence-corrected chi connectivity index (χ3v) is 5.53. The Morgan fingerprint density at radius 1 is 0.867 bits per heavy atom. The first-order valence-electron chi connectivity index (χ1n) is 10.5. The second kappa shape index (κ2) is 10.0. The quantitative estimate of drug-likeness (QED) is 0.661. The molecule has 1 saturated heterocycles. The molecule has 2 aromatic carbocycles. The van der Waals surface area contributed by atoms with E-state index in [-0.39, 0.29) is 11.9 Å². The third-order valence-electron chi connectivity index (χ3n) is 5.53. The molecule has 3 aromatic rings. The topological polar surface area (TPSA) is 48.5 Å². The number of hydrogen-bond acceptors (Lipinski definition) is 4. The van der Waals surface area contributed by atoms with Gasteiger partial charge in [-0.3, -0.25) is 9.69 Å². The van der Waals surface area contributed by atoms with Crippen molar-refractivity contribution in [3.63, 3.8) is 0 Å². The summed E-state index contributed by atoms with van der Waals surface area (Å²) in [5.41, 5.74) is 2.35. The number of nitrogens with zero attached hydrogens (tertiary/aromatic N) is 3. The van der Waals surface area contributed by atoms with Gasteiger partial charge in [-0.1, -0.05) is 66.7 Å². The molecule has 1 N–H and O–H groups in total. The van der Waals surface area contributed by atoms with Gasteiger partial charge in [-0.25, -0.2) is 4.98 Å². The second-order valence-corrected chi connectivity index (χ2v) is 7.67. The zero-order valence-electron chi connectivity index (χ0n) is 17.2. The van der Waals surface area contributed by atoms with Crippen LogP contribution in [0.15, 0.2) is 85.1 Å². The number of carbonyl (C=O) groups is 1. The van der Waals surface area contributed by atoms with Crippen LogP contribution in [0.2, 0.25) is 0 Å². The van der Waals surface area contributed by atoms with Crippen molar-refractivity contribution in [2.24, 2.45) is 0 Å². The molecule has 1 fully saturated rings. The van der Waals surface area contributed by atoms with Crippen molar-refractivity contribution in [2.75, 3.05) is 37.6 Å². The highest BCUT2D eigenvalue weighted by Crippen LogP contribution is 2.19. The molecule has 0 unspecified atom stereocenters. The van der Waals surface area contributed by atoms with Crippen LogP contribution >= 0.6 is 0 Å². The molecule has 5 heteroatoms. The van der Waals surface area contributed by atoms with Gasteiger partial charge in [0.2, 0.25) is 5.91 Å². The summed E-state index contributed by atoms with van der Waals surface area (Å²) in [6.07, 6.45) is 2.61. The van der Waals surface area contributed by atoms with Gasteiger partial charge in [0.1, 0.15) is 5.82 Å². The van der Waals surface area contributed by atoms with E-state index in [2.05, 4.69) is 44.4 Å². The van der Waals surface area contributed by atoms with E-state index in [4.69, 9.17) is 0 Å². The Morgan fingerprint density at radius 3 is 2.20 bits per heavy atom. The largest absolute Gasteiger partial charge is 0.354 e. The summed E-state index contributed by atoms with van der Waals surface area (Å²) in [5.74, 6) is 1.08. The zero-order valence-corrected chi connectivity index (χ0v) is 17.2. The standard InChI is InChI=1S/C25H28N4O/c30-25(20-28-15-17-29(18-16-28)24-13-7-8-14-26-24)27-23(22-11-5-2-6-12-22)19-21-9-3-1-4-10-21/h1-14,23H,15-20H2,(H,27,30)/t23-/m1/s1. The van der Waals surface area contributed by atoms with E-state index in [1.807, 2.05) is 60.8 Å². The van der Waals surface area contributed by atoms with Crippen LogP contribution in [0, 0.1) is 0 Å². The molecule has 5 nitrogen and oxygen atoms in total. The van der Waals surface area contributed by atoms with E-state index in [1.54, 1.807) is 0 Å². The Balaban J connectivity index is 1.34. The second-order valence-electron chi connectivity index (χ2n) is 7.67. The van der Waals surface area contributed by atoms with E-state index in [0.29, 0.717) is 6.54 Å². The highest BCUT2D eigenvalue weighted by Gasteiger charge is 2.21. The molecule has 1 amide bonds. The molecular weight excluding hydrogens is 372 g/mol. The summed E-state index contributed by atoms with van der Waals surface area (Å²) < 4.78 is 0. The van der Waals surface area contributed by atoms with Crippen LogP contribution < -0.4 is 10.2 Å². The molecule has 30 heavy (non-hydrogen) atoms. The lowest BCUT2D eigenvalue weighted by Crippen LogP contribution is -2.50. The molecule has 2 heterocycles. The van der Waals surface area contributed by atoms with Gasteiger partial charge < -0.3 is 10.2 Å². The third kappa shape index (κ3) is 5.45. The Hall–Kier alpha value is -3.18. The van der Waals surface area contributed by atoms with Crippen LogP contribution in [-0.2, 0) is 11.2 Å². The first kappa shape index (κ1) is 20.1. The maximum Gasteiger partial charge on any atom is 0.234 e. The number of hydrogen-bond donors (Lipinski definition) is 1. The lowest BCUT2D eigenvalue weighted by Gasteiger charge is -2.35. The van der Waals surface area contributed by atoms with Crippen LogP contribution in [0.4, 0.5) is 5.82 Å². The first-order valence-corrected chi connectivity index (χ1v) is 10.5. The maximum absolute atomic E-state index is 12.9. The van der Waals surface area contributed by atoms with Gasteiger partial charge in [0.25, 0.3) is 0 Å². The van der Waals surface area contributed by atoms with Crippen LogP contribution in [0.1, 0.15) is 17.2 Å². The molecule has 1 aliphatic rings. The van der Waals surface area contributed by atoms with E-state index in [9.17, 15) is 4.79 Å². The molecule has 0 radical (unpaired) electrons. The average Bonchev–Trinajstić information content (AvgIpc) is 2.81. The smallest absolute Gasteiger partial charge is 0.234 e. The fourth-order valence-electron chi connectivity index (χ4n) is 3.91. The molecule has 0 saturated carbocycles. The fourth-order valence-corrected chi connectivity index (χ4v) is 3.91. The van der Waals surface area contributed by atoms with Gasteiger partial charge in [-0.15, -0.1) is 0 Å². The zero-order chi connectivity index (χ0) is 20.6. The predicted molar refractivity (Wildman–Crippen MR) is 120 cm³/mol. The van der Waals surface area contributed by atoms with Crippen LogP contribution in [0.5, 0.6) is 0 Å². The number of amides is 1. The Kier molecular flexibility index (Phi) is 6.72. The number of benzene rings is 2. The van der Waals surface area contributed by atoms with Gasteiger partial charge in [0, 0.05) is 32.4 Å². The molecule has 0 aliphatic carbocycles. The van der Waals surface area contributed by atoms with E-state index >= 15 is 0 Å². The van der Waals surface area contributed by atoms with Crippen molar-refractivity contribution in [1.29, 1.82) is 0 Å². The van der Waals surface area contributed by atoms with E-state index in [1.165, 1.54) is 5.56 Å². The monoisotopic (exact) mass is 400 g/mol. The highest BCUT2D eigenvalue weighted by atomic mass is 16.2. The SMILES string of the molecule is O=C(CN1CCN(c2ccccn2)CC1)N[C@H](Cc1ccccc1)c1ccccc1. The predicted octanol–water partition coefficient (Wildman–Crippen LogP) is 3.30. The minimum absolute atomic E-state index is 0.0316. The summed E-state index contributed by atoms with van der Waals surface area (Å²) >= 11 is 0. The van der Waals surface area contributed by atoms with Crippen molar-refractivity contribution < 1.29 is 4.79 Å². The van der Waals surface area contributed by atoms with Gasteiger partial charge in [0.15, 0.2) is 0 Å². The van der Waals surface area contributed by atoms with Crippen molar-refractivity contribution in [2.45, 2.75) is 12.5 Å². The molecule has 154 valence electrons. The van der Waals surface area contributed by atoms with E-state index in [0.717, 1.165) is 44.0 Å². The summed E-state index contributed by atoms with van der Waals surface area (Å²) in [6.45, 7) is 3.92. The fraction of sp³-hybridized carbons (Fsp3) is 0.280. The van der Waals surface area contributed by atoms with Crippen molar-refractivity contribution in [3.8, 4) is 0 Å². The summed E-state index contributed by atoms with van der Waals surface area (Å²) in [6, 6.07) is 26.5. The number of pyridine rings is 1. The molecule has 0 bridgehead atoms. The van der Waals surface area contributed by atoms with Crippen molar-refractivity contribution in [1.82, 2.24) is 15.2 Å². The summed E-state index contributed by atoms with van der Waals surface area (Å²) in [5, 5.41) is 3.27. The normalized spacial score (nSPS) is 15.5. The molecule has 4 rings (SSSR count). The van der Waals surface area contributed by atoms with Crippen molar-refractivity contribution >= 4 is 11.7 Å². The van der Waals surface area contributed by atoms with Crippen LogP contribution in [0.3, 0.4) is 0 Å². The number of anilines is 1. The van der Waals surface area contributed by atoms with Crippen LogP contribution in [-0.4, -0.2) is 48.5 Å². The van der Waals surface area contributed by atoms with Gasteiger partial charge in [-0.05, 0) is 29.7 Å². The number of piperazine rings is 1. The minimum Gasteiger partial charge on any atom is -0.354 e. The van der Waals surface area contributed by atoms with E-state index < -0.39 is 0 Å². The van der Waals surface area contributed by atoms with Gasteiger partial charge in [-0.2, -0.15) is 0 Å².